The molecule has 0 saturated carbocycles. The van der Waals surface area contributed by atoms with Crippen molar-refractivity contribution in [1.82, 2.24) is 19.0 Å². The minimum Gasteiger partial charge on any atom is -0.336 e. The number of rotatable bonds is 5. The lowest BCUT2D eigenvalue weighted by molar-refractivity contribution is 0.0698. The molecule has 168 valence electrons. The third-order valence-electron chi connectivity index (χ3n) is 5.90. The van der Waals surface area contributed by atoms with E-state index in [0.717, 1.165) is 16.9 Å². The van der Waals surface area contributed by atoms with Gasteiger partial charge in [-0.25, -0.2) is 13.1 Å². The second kappa shape index (κ2) is 8.88. The van der Waals surface area contributed by atoms with Crippen molar-refractivity contribution in [3.05, 3.63) is 77.6 Å². The van der Waals surface area contributed by atoms with Gasteiger partial charge in [0.2, 0.25) is 10.0 Å². The fourth-order valence-corrected chi connectivity index (χ4v) is 5.30. The summed E-state index contributed by atoms with van der Waals surface area (Å²) in [6, 6.07) is 16.3. The molecule has 1 aliphatic rings. The molecule has 4 rings (SSSR count). The fraction of sp³-hybridized carbons (Fsp3) is 0.333. The van der Waals surface area contributed by atoms with Crippen molar-refractivity contribution in [2.75, 3.05) is 26.2 Å². The highest BCUT2D eigenvalue weighted by Gasteiger charge is 2.30. The number of hydrogen-bond acceptors (Lipinski definition) is 4. The highest BCUT2D eigenvalue weighted by atomic mass is 32.2. The van der Waals surface area contributed by atoms with E-state index in [2.05, 4.69) is 18.9 Å². The van der Waals surface area contributed by atoms with Gasteiger partial charge in [-0.3, -0.25) is 4.79 Å². The SMILES string of the molecule is Cc1ccnn1-c1ccc(C(=O)N2CCN(S(=O)(=O)c3ccc(C(C)C)cc3)CC2)cc1. The largest absolute Gasteiger partial charge is 0.336 e. The molecule has 32 heavy (non-hydrogen) atoms. The Bertz CT molecular complexity index is 1190. The van der Waals surface area contributed by atoms with E-state index in [1.807, 2.05) is 41.9 Å². The molecule has 0 radical (unpaired) electrons. The first kappa shape index (κ1) is 22.2. The molecule has 2 heterocycles. The van der Waals surface area contributed by atoms with Gasteiger partial charge in [-0.15, -0.1) is 0 Å². The maximum atomic E-state index is 13.0. The molecular weight excluding hydrogens is 424 g/mol. The van der Waals surface area contributed by atoms with Crippen LogP contribution in [-0.2, 0) is 10.0 Å². The number of nitrogens with zero attached hydrogens (tertiary/aromatic N) is 4. The van der Waals surface area contributed by atoms with Gasteiger partial charge in [0.25, 0.3) is 5.91 Å². The number of carbonyl (C=O) groups excluding carboxylic acids is 1. The zero-order chi connectivity index (χ0) is 22.9. The Balaban J connectivity index is 1.40. The lowest BCUT2D eigenvalue weighted by atomic mass is 10.0. The second-order valence-electron chi connectivity index (χ2n) is 8.35. The van der Waals surface area contributed by atoms with Gasteiger partial charge >= 0.3 is 0 Å². The Morgan fingerprint density at radius 3 is 2.06 bits per heavy atom. The van der Waals surface area contributed by atoms with E-state index >= 15 is 0 Å². The van der Waals surface area contributed by atoms with E-state index in [4.69, 9.17) is 0 Å². The van der Waals surface area contributed by atoms with E-state index in [-0.39, 0.29) is 19.0 Å². The molecule has 8 heteroatoms. The van der Waals surface area contributed by atoms with E-state index in [0.29, 0.717) is 29.5 Å². The van der Waals surface area contributed by atoms with Crippen LogP contribution in [0.25, 0.3) is 5.69 Å². The summed E-state index contributed by atoms with van der Waals surface area (Å²) in [4.78, 5) is 14.9. The lowest BCUT2D eigenvalue weighted by Crippen LogP contribution is -2.50. The smallest absolute Gasteiger partial charge is 0.253 e. The molecule has 2 aromatic carbocycles. The number of piperazine rings is 1. The number of aromatic nitrogens is 2. The van der Waals surface area contributed by atoms with Gasteiger partial charge in [0.15, 0.2) is 0 Å². The molecule has 0 atom stereocenters. The quantitative estimate of drug-likeness (QED) is 0.594. The van der Waals surface area contributed by atoms with Gasteiger partial charge in [0.05, 0.1) is 10.6 Å². The van der Waals surface area contributed by atoms with Crippen molar-refractivity contribution in [1.29, 1.82) is 0 Å². The summed E-state index contributed by atoms with van der Waals surface area (Å²) in [5, 5.41) is 4.28. The summed E-state index contributed by atoms with van der Waals surface area (Å²) in [7, 11) is -3.57. The molecule has 0 bridgehead atoms. The predicted molar refractivity (Wildman–Crippen MR) is 123 cm³/mol. The summed E-state index contributed by atoms with van der Waals surface area (Å²) in [6.07, 6.45) is 1.74. The molecule has 1 saturated heterocycles. The minimum absolute atomic E-state index is 0.0907. The maximum Gasteiger partial charge on any atom is 0.253 e. The standard InChI is InChI=1S/C24H28N4O3S/c1-18(2)20-6-10-23(11-7-20)32(30,31)27-16-14-26(15-17-27)24(29)21-4-8-22(9-5-21)28-19(3)12-13-25-28/h4-13,18H,14-17H2,1-3H3. The van der Waals surface area contributed by atoms with E-state index in [1.165, 1.54) is 4.31 Å². The summed E-state index contributed by atoms with van der Waals surface area (Å²) in [5.41, 5.74) is 3.59. The molecule has 1 aliphatic heterocycles. The number of hydrogen-bond donors (Lipinski definition) is 0. The molecule has 0 aliphatic carbocycles. The third kappa shape index (κ3) is 4.33. The van der Waals surface area contributed by atoms with Gasteiger partial charge in [-0.05, 0) is 60.9 Å². The first-order chi connectivity index (χ1) is 15.3. The molecule has 3 aromatic rings. The molecule has 1 amide bonds. The van der Waals surface area contributed by atoms with Gasteiger partial charge < -0.3 is 4.90 Å². The van der Waals surface area contributed by atoms with Crippen LogP contribution in [0.15, 0.2) is 65.7 Å². The van der Waals surface area contributed by atoms with Crippen molar-refractivity contribution in [2.45, 2.75) is 31.6 Å². The average molecular weight is 453 g/mol. The lowest BCUT2D eigenvalue weighted by Gasteiger charge is -2.34. The van der Waals surface area contributed by atoms with E-state index in [1.54, 1.807) is 35.4 Å². The van der Waals surface area contributed by atoms with Crippen LogP contribution in [0.3, 0.4) is 0 Å². The summed E-state index contributed by atoms with van der Waals surface area (Å²) >= 11 is 0. The van der Waals surface area contributed by atoms with Gasteiger partial charge in [-0.1, -0.05) is 26.0 Å². The zero-order valence-corrected chi connectivity index (χ0v) is 19.4. The monoisotopic (exact) mass is 452 g/mol. The number of benzene rings is 2. The summed E-state index contributed by atoms with van der Waals surface area (Å²) in [6.45, 7) is 7.41. The predicted octanol–water partition coefficient (Wildman–Crippen LogP) is 3.45. The highest BCUT2D eigenvalue weighted by molar-refractivity contribution is 7.89. The van der Waals surface area contributed by atoms with Crippen molar-refractivity contribution >= 4 is 15.9 Å². The van der Waals surface area contributed by atoms with Gasteiger partial charge in [-0.2, -0.15) is 9.40 Å². The second-order valence-corrected chi connectivity index (χ2v) is 10.3. The number of carbonyl (C=O) groups is 1. The van der Waals surface area contributed by atoms with Crippen LogP contribution >= 0.6 is 0 Å². The van der Waals surface area contributed by atoms with Crippen molar-refractivity contribution < 1.29 is 13.2 Å². The maximum absolute atomic E-state index is 13.0. The first-order valence-electron chi connectivity index (χ1n) is 10.8. The Morgan fingerprint density at radius 2 is 1.53 bits per heavy atom. The molecule has 1 aromatic heterocycles. The Morgan fingerprint density at radius 1 is 0.906 bits per heavy atom. The zero-order valence-electron chi connectivity index (χ0n) is 18.6. The molecule has 0 unspecified atom stereocenters. The van der Waals surface area contributed by atoms with E-state index < -0.39 is 10.0 Å². The van der Waals surface area contributed by atoms with Crippen LogP contribution in [0.2, 0.25) is 0 Å². The Hall–Kier alpha value is -2.97. The molecule has 0 N–H and O–H groups in total. The third-order valence-corrected chi connectivity index (χ3v) is 7.81. The van der Waals surface area contributed by atoms with Gasteiger partial charge in [0, 0.05) is 43.6 Å². The van der Waals surface area contributed by atoms with E-state index in [9.17, 15) is 13.2 Å². The van der Waals surface area contributed by atoms with Crippen molar-refractivity contribution in [2.24, 2.45) is 0 Å². The normalized spacial score (nSPS) is 15.3. The van der Waals surface area contributed by atoms with Crippen LogP contribution in [-0.4, -0.2) is 59.5 Å². The molecule has 1 fully saturated rings. The summed E-state index contributed by atoms with van der Waals surface area (Å²) < 4.78 is 29.3. The Kier molecular flexibility index (Phi) is 6.17. The van der Waals surface area contributed by atoms with Crippen molar-refractivity contribution in [3.8, 4) is 5.69 Å². The van der Waals surface area contributed by atoms with Crippen LogP contribution in [0.5, 0.6) is 0 Å². The van der Waals surface area contributed by atoms with Crippen LogP contribution in [0, 0.1) is 6.92 Å². The molecular formula is C24H28N4O3S. The van der Waals surface area contributed by atoms with Crippen molar-refractivity contribution in [3.63, 3.8) is 0 Å². The summed E-state index contributed by atoms with van der Waals surface area (Å²) in [5.74, 6) is 0.256. The number of aryl methyl sites for hydroxylation is 1. The average Bonchev–Trinajstić information content (AvgIpc) is 3.24. The molecule has 0 spiro atoms. The van der Waals surface area contributed by atoms with Crippen LogP contribution < -0.4 is 0 Å². The topological polar surface area (TPSA) is 75.5 Å². The number of amides is 1. The highest BCUT2D eigenvalue weighted by Crippen LogP contribution is 2.22. The van der Waals surface area contributed by atoms with Crippen LogP contribution in [0.4, 0.5) is 0 Å². The van der Waals surface area contributed by atoms with Gasteiger partial charge in [0.1, 0.15) is 0 Å². The first-order valence-corrected chi connectivity index (χ1v) is 12.2. The minimum atomic E-state index is -3.57. The number of sulfonamides is 1. The fourth-order valence-electron chi connectivity index (χ4n) is 3.87. The Labute approximate surface area is 189 Å². The molecule has 7 nitrogen and oxygen atoms in total. The van der Waals surface area contributed by atoms with Crippen LogP contribution in [0.1, 0.15) is 41.4 Å².